The van der Waals surface area contributed by atoms with Gasteiger partial charge < -0.3 is 16.3 Å². The molecule has 0 bridgehead atoms. The van der Waals surface area contributed by atoms with Gasteiger partial charge in [-0.2, -0.15) is 10.3 Å². The third kappa shape index (κ3) is 5.44. The Kier molecular flexibility index (Phi) is 5.59. The maximum atomic E-state index is 11.6. The molecule has 0 heterocycles. The number of benzene rings is 1. The van der Waals surface area contributed by atoms with Crippen molar-refractivity contribution in [3.63, 3.8) is 0 Å². The number of hydrogen-bond acceptors (Lipinski definition) is 5. The Morgan fingerprint density at radius 1 is 1.40 bits per heavy atom. The van der Waals surface area contributed by atoms with Crippen molar-refractivity contribution in [2.75, 3.05) is 5.32 Å². The van der Waals surface area contributed by atoms with Gasteiger partial charge in [-0.3, -0.25) is 4.79 Å². The van der Waals surface area contributed by atoms with E-state index in [-0.39, 0.29) is 18.0 Å². The first-order chi connectivity index (χ1) is 9.38. The molecule has 0 spiro atoms. The molecule has 0 aromatic heterocycles. The zero-order chi connectivity index (χ0) is 15.1. The number of carbonyl (C=O) groups excluding carboxylic acids is 2. The van der Waals surface area contributed by atoms with Crippen LogP contribution in [0.4, 0.5) is 16.2 Å². The summed E-state index contributed by atoms with van der Waals surface area (Å²) in [4.78, 5) is 22.1. The molecule has 1 atom stereocenters. The molecule has 0 saturated heterocycles. The predicted molar refractivity (Wildman–Crippen MR) is 71.3 cm³/mol. The summed E-state index contributed by atoms with van der Waals surface area (Å²) in [5, 5.41) is 24.5. The second-order valence-corrected chi connectivity index (χ2v) is 3.93. The fourth-order valence-corrected chi connectivity index (χ4v) is 1.32. The van der Waals surface area contributed by atoms with Crippen molar-refractivity contribution in [2.45, 2.75) is 13.3 Å². The molecule has 0 aliphatic carbocycles. The lowest BCUT2D eigenvalue weighted by Crippen LogP contribution is -2.99. The highest BCUT2D eigenvalue weighted by Crippen LogP contribution is 2.10. The monoisotopic (exact) mass is 281 g/mol. The number of primary amides is 1. The van der Waals surface area contributed by atoms with Crippen LogP contribution in [0.25, 0.3) is 0 Å². The molecule has 1 unspecified atom stereocenters. The van der Waals surface area contributed by atoms with Crippen LogP contribution >= 0.6 is 0 Å². The van der Waals surface area contributed by atoms with Gasteiger partial charge in [0.05, 0.1) is 6.42 Å². The highest BCUT2D eigenvalue weighted by molar-refractivity contribution is 6.05. The number of carbonyl (C=O) groups is 2. The molecule has 108 valence electrons. The predicted octanol–water partition coefficient (Wildman–Crippen LogP) is -0.537. The van der Waals surface area contributed by atoms with E-state index in [0.717, 1.165) is 0 Å². The summed E-state index contributed by atoms with van der Waals surface area (Å²) >= 11 is 0. The molecule has 20 heavy (non-hydrogen) atoms. The number of hydrazone groups is 1. The van der Waals surface area contributed by atoms with Crippen molar-refractivity contribution in [2.24, 2.45) is 10.8 Å². The topological polar surface area (TPSA) is 144 Å². The van der Waals surface area contributed by atoms with Gasteiger partial charge in [0, 0.05) is 23.5 Å². The van der Waals surface area contributed by atoms with Gasteiger partial charge in [-0.25, -0.2) is 15.4 Å². The fraction of sp³-hybridized carbons (Fsp3) is 0.182. The summed E-state index contributed by atoms with van der Waals surface area (Å²) in [7, 11) is 0. The number of urea groups is 1. The molecule has 0 radical (unpaired) electrons. The summed E-state index contributed by atoms with van der Waals surface area (Å²) in [5.41, 5.74) is 7.82. The first-order valence-electron chi connectivity index (χ1n) is 5.60. The summed E-state index contributed by atoms with van der Waals surface area (Å²) < 4.78 is 0. The lowest BCUT2D eigenvalue weighted by Gasteiger charge is -2.12. The smallest absolute Gasteiger partial charge is 0.332 e. The molecule has 9 nitrogen and oxygen atoms in total. The maximum absolute atomic E-state index is 11.6. The molecule has 3 amide bonds. The van der Waals surface area contributed by atoms with E-state index in [0.29, 0.717) is 11.4 Å². The molecule has 9 heteroatoms. The largest absolute Gasteiger partial charge is 0.595 e. The van der Waals surface area contributed by atoms with Crippen LogP contribution in [0.5, 0.6) is 0 Å². The van der Waals surface area contributed by atoms with Crippen LogP contribution in [0, 0.1) is 5.21 Å². The van der Waals surface area contributed by atoms with E-state index in [2.05, 4.69) is 10.4 Å². The van der Waals surface area contributed by atoms with Crippen LogP contribution in [-0.2, 0) is 4.79 Å². The number of nitrogens with two attached hydrogens (primary N) is 1. The van der Waals surface area contributed by atoms with Crippen molar-refractivity contribution in [3.05, 3.63) is 29.5 Å². The fourth-order valence-electron chi connectivity index (χ4n) is 1.32. The van der Waals surface area contributed by atoms with Crippen LogP contribution in [0.15, 0.2) is 29.4 Å². The van der Waals surface area contributed by atoms with Crippen molar-refractivity contribution < 1.29 is 20.0 Å². The van der Waals surface area contributed by atoms with Gasteiger partial charge in [0.2, 0.25) is 5.91 Å². The number of amides is 3. The van der Waals surface area contributed by atoms with E-state index in [4.69, 9.17) is 10.9 Å². The van der Waals surface area contributed by atoms with E-state index in [9.17, 15) is 14.8 Å². The van der Waals surface area contributed by atoms with Gasteiger partial charge in [-0.05, 0) is 19.1 Å². The summed E-state index contributed by atoms with van der Waals surface area (Å²) in [6, 6.07) is 4.92. The lowest BCUT2D eigenvalue weighted by molar-refractivity contribution is -0.991. The second-order valence-electron chi connectivity index (χ2n) is 3.93. The highest BCUT2D eigenvalue weighted by atomic mass is 16.8. The Bertz CT molecular complexity index is 512. The van der Waals surface area contributed by atoms with Crippen LogP contribution in [-0.4, -0.2) is 22.9 Å². The van der Waals surface area contributed by atoms with Gasteiger partial charge in [0.1, 0.15) is 0 Å². The Morgan fingerprint density at radius 3 is 2.50 bits per heavy atom. The first-order valence-corrected chi connectivity index (χ1v) is 5.60. The maximum Gasteiger partial charge on any atom is 0.332 e. The number of nitrogens with one attached hydrogen (secondary N) is 3. The normalized spacial score (nSPS) is 12.7. The first kappa shape index (κ1) is 15.6. The van der Waals surface area contributed by atoms with E-state index in [1.54, 1.807) is 6.92 Å². The molecular formula is C11H15N5O4. The van der Waals surface area contributed by atoms with Gasteiger partial charge in [0.25, 0.3) is 0 Å². The molecule has 1 rings (SSSR count). The summed E-state index contributed by atoms with van der Waals surface area (Å²) in [6.07, 6.45) is -0.0268. The Balaban J connectivity index is 2.54. The molecule has 6 N–H and O–H groups in total. The Hall–Kier alpha value is -2.49. The average molecular weight is 281 g/mol. The molecule has 1 aromatic rings. The Morgan fingerprint density at radius 2 is 2.00 bits per heavy atom. The molecule has 1 aromatic carbocycles. The third-order valence-electron chi connectivity index (χ3n) is 2.19. The van der Waals surface area contributed by atoms with Crippen molar-refractivity contribution >= 4 is 29.0 Å². The summed E-state index contributed by atoms with van der Waals surface area (Å²) in [5.74, 6) is -0.347. The number of rotatable bonds is 5. The van der Waals surface area contributed by atoms with E-state index in [1.807, 2.05) is 5.43 Å². The van der Waals surface area contributed by atoms with Crippen molar-refractivity contribution in [1.29, 1.82) is 0 Å². The van der Waals surface area contributed by atoms with Crippen molar-refractivity contribution in [1.82, 2.24) is 5.43 Å². The zero-order valence-electron chi connectivity index (χ0n) is 10.7. The van der Waals surface area contributed by atoms with Crippen LogP contribution in [0.2, 0.25) is 0 Å². The number of hydrogen-bond donors (Lipinski definition) is 5. The second kappa shape index (κ2) is 7.19. The molecule has 0 aliphatic rings. The van der Waals surface area contributed by atoms with Gasteiger partial charge in [0.15, 0.2) is 5.69 Å². The Labute approximate surface area is 114 Å². The summed E-state index contributed by atoms with van der Waals surface area (Å²) in [6.45, 7) is 1.56. The number of nitrogens with zero attached hydrogens (tertiary/aromatic N) is 1. The lowest BCUT2D eigenvalue weighted by atomic mass is 10.2. The van der Waals surface area contributed by atoms with E-state index >= 15 is 0 Å². The standard InChI is InChI=1S/C11H15N5O4/c1-7(14-15-11(12)18)6-10(17)13-8-2-4-9(5-3-8)16(19)20/h2-5,16,19H,6H2,1H3,(H,13,17)(H3,12,15,18)/b14-7-. The minimum atomic E-state index is -1.04. The van der Waals surface area contributed by atoms with Crippen molar-refractivity contribution in [3.8, 4) is 0 Å². The zero-order valence-corrected chi connectivity index (χ0v) is 10.7. The van der Waals surface area contributed by atoms with Gasteiger partial charge in [-0.15, -0.1) is 0 Å². The van der Waals surface area contributed by atoms with Crippen LogP contribution < -0.4 is 21.7 Å². The van der Waals surface area contributed by atoms with Crippen LogP contribution in [0.3, 0.4) is 0 Å². The molecule has 0 fully saturated rings. The number of anilines is 1. The quantitative estimate of drug-likeness (QED) is 0.364. The minimum absolute atomic E-state index is 0.0268. The number of quaternary nitrogens is 1. The van der Waals surface area contributed by atoms with E-state index < -0.39 is 11.3 Å². The highest BCUT2D eigenvalue weighted by Gasteiger charge is 2.06. The van der Waals surface area contributed by atoms with E-state index in [1.165, 1.54) is 24.3 Å². The minimum Gasteiger partial charge on any atom is -0.595 e. The third-order valence-corrected chi connectivity index (χ3v) is 2.19. The molecule has 0 saturated carbocycles. The SMILES string of the molecule is C/C(CC(=O)Nc1ccc([NH+]([O-])O)cc1)=N/NC(N)=O. The molecular weight excluding hydrogens is 266 g/mol. The van der Waals surface area contributed by atoms with Crippen LogP contribution in [0.1, 0.15) is 13.3 Å². The van der Waals surface area contributed by atoms with Gasteiger partial charge >= 0.3 is 6.03 Å². The molecule has 0 aliphatic heterocycles. The average Bonchev–Trinajstić information content (AvgIpc) is 2.36. The van der Waals surface area contributed by atoms with Gasteiger partial charge in [-0.1, -0.05) is 0 Å².